The molecule has 1 aromatic carbocycles. The molecule has 108 valence electrons. The van der Waals surface area contributed by atoms with E-state index in [1.165, 1.54) is 0 Å². The molecule has 0 radical (unpaired) electrons. The fourth-order valence-corrected chi connectivity index (χ4v) is 1.48. The lowest BCUT2D eigenvalue weighted by atomic mass is 10.3. The van der Waals surface area contributed by atoms with E-state index in [4.69, 9.17) is 15.9 Å². The van der Waals surface area contributed by atoms with Crippen molar-refractivity contribution in [3.63, 3.8) is 0 Å². The van der Waals surface area contributed by atoms with Crippen molar-refractivity contribution in [2.24, 2.45) is 5.73 Å². The predicted octanol–water partition coefficient (Wildman–Crippen LogP) is 3.33. The zero-order chi connectivity index (χ0) is 13.0. The molecule has 2 rings (SSSR count). The molecule has 1 aromatic heterocycles. The molecule has 0 atom stereocenters. The molecule has 0 aliphatic rings. The van der Waals surface area contributed by atoms with E-state index in [-0.39, 0.29) is 30.8 Å². The third-order valence-corrected chi connectivity index (χ3v) is 2.23. The summed E-state index contributed by atoms with van der Waals surface area (Å²) in [6, 6.07) is 10.9. The van der Waals surface area contributed by atoms with E-state index in [0.29, 0.717) is 17.3 Å². The van der Waals surface area contributed by atoms with Gasteiger partial charge in [0.05, 0.1) is 0 Å². The summed E-state index contributed by atoms with van der Waals surface area (Å²) in [7, 11) is 0. The van der Waals surface area contributed by atoms with E-state index in [2.05, 4.69) is 10.3 Å². The first-order valence-electron chi connectivity index (χ1n) is 5.45. The Balaban J connectivity index is 0.00000180. The molecule has 1 heterocycles. The van der Waals surface area contributed by atoms with Gasteiger partial charge in [0, 0.05) is 24.0 Å². The van der Waals surface area contributed by atoms with E-state index in [9.17, 15) is 0 Å². The van der Waals surface area contributed by atoms with Gasteiger partial charge in [0.1, 0.15) is 5.75 Å². The first kappa shape index (κ1) is 18.0. The lowest BCUT2D eigenvalue weighted by molar-refractivity contribution is 0.463. The minimum Gasteiger partial charge on any atom is -0.439 e. The zero-order valence-electron chi connectivity index (χ0n) is 10.8. The molecule has 5 nitrogen and oxygen atoms in total. The van der Waals surface area contributed by atoms with E-state index in [1.807, 2.05) is 31.2 Å². The van der Waals surface area contributed by atoms with Crippen molar-refractivity contribution in [2.45, 2.75) is 6.92 Å². The molecule has 0 spiro atoms. The quantitative estimate of drug-likeness (QED) is 0.599. The molecule has 0 fully saturated rings. The number of halogens is 2. The number of nitrogens with two attached hydrogens (primary N) is 1. The van der Waals surface area contributed by atoms with Gasteiger partial charge in [-0.15, -0.1) is 24.8 Å². The number of anilines is 1. The van der Waals surface area contributed by atoms with Gasteiger partial charge in [-0.05, 0) is 30.7 Å². The first-order valence-corrected chi connectivity index (χ1v) is 5.45. The van der Waals surface area contributed by atoms with Gasteiger partial charge in [-0.25, -0.2) is 4.98 Å². The van der Waals surface area contributed by atoms with Gasteiger partial charge >= 0.3 is 0 Å². The van der Waals surface area contributed by atoms with Crippen LogP contribution in [0.2, 0.25) is 0 Å². The number of nitrogens with one attached hydrogen (secondary N) is 2. The summed E-state index contributed by atoms with van der Waals surface area (Å²) in [6.45, 7) is 1.97. The lowest BCUT2D eigenvalue weighted by Crippen LogP contribution is -2.20. The van der Waals surface area contributed by atoms with Crippen LogP contribution in [0.25, 0.3) is 0 Å². The molecule has 0 bridgehead atoms. The maximum Gasteiger partial charge on any atom is 0.219 e. The van der Waals surface area contributed by atoms with Gasteiger partial charge < -0.3 is 15.8 Å². The molecule has 7 heteroatoms. The standard InChI is InChI=1S/C13H14N4O.2ClH/c1-9-5-6-16-12(7-9)18-11-4-2-3-10(8-11)17-13(14)15;;/h2-8H,1H3,(H4,14,15,17);2*1H. The molecule has 2 aromatic rings. The lowest BCUT2D eigenvalue weighted by Gasteiger charge is -2.08. The summed E-state index contributed by atoms with van der Waals surface area (Å²) in [5.41, 5.74) is 7.05. The molecule has 0 saturated heterocycles. The largest absolute Gasteiger partial charge is 0.439 e. The van der Waals surface area contributed by atoms with Crippen molar-refractivity contribution in [1.29, 1.82) is 5.41 Å². The summed E-state index contributed by atoms with van der Waals surface area (Å²) in [6.07, 6.45) is 1.70. The molecular weight excluding hydrogens is 299 g/mol. The molecular formula is C13H16Cl2N4O. The molecule has 0 unspecified atom stereocenters. The average Bonchev–Trinajstić information content (AvgIpc) is 2.28. The van der Waals surface area contributed by atoms with Crippen LogP contribution in [0.4, 0.5) is 5.69 Å². The molecule has 0 aliphatic carbocycles. The Bertz CT molecular complexity index is 578. The number of aromatic nitrogens is 1. The second-order valence-corrected chi connectivity index (χ2v) is 3.84. The third kappa shape index (κ3) is 5.34. The number of hydrogen-bond acceptors (Lipinski definition) is 3. The second-order valence-electron chi connectivity index (χ2n) is 3.84. The number of guanidine groups is 1. The highest BCUT2D eigenvalue weighted by Crippen LogP contribution is 2.22. The Kier molecular flexibility index (Phi) is 7.43. The van der Waals surface area contributed by atoms with Gasteiger partial charge in [0.15, 0.2) is 5.96 Å². The highest BCUT2D eigenvalue weighted by molar-refractivity contribution is 5.89. The van der Waals surface area contributed by atoms with Crippen molar-refractivity contribution in [2.75, 3.05) is 5.32 Å². The Labute approximate surface area is 129 Å². The summed E-state index contributed by atoms with van der Waals surface area (Å²) in [5, 5.41) is 9.87. The van der Waals surface area contributed by atoms with Crippen LogP contribution in [-0.4, -0.2) is 10.9 Å². The van der Waals surface area contributed by atoms with Crippen molar-refractivity contribution >= 4 is 36.5 Å². The van der Waals surface area contributed by atoms with Crippen molar-refractivity contribution in [1.82, 2.24) is 4.98 Å². The Hall–Kier alpha value is -1.98. The van der Waals surface area contributed by atoms with Crippen LogP contribution < -0.4 is 15.8 Å². The maximum atomic E-state index is 7.17. The maximum absolute atomic E-state index is 7.17. The van der Waals surface area contributed by atoms with Crippen molar-refractivity contribution in [3.8, 4) is 11.6 Å². The Morgan fingerprint density at radius 3 is 2.65 bits per heavy atom. The molecule has 0 amide bonds. The van der Waals surface area contributed by atoms with Crippen LogP contribution in [0, 0.1) is 12.3 Å². The SMILES string of the molecule is Cc1ccnc(Oc2cccc(NC(=N)N)c2)c1.Cl.Cl. The first-order chi connectivity index (χ1) is 8.63. The normalized spacial score (nSPS) is 8.85. The van der Waals surface area contributed by atoms with Crippen molar-refractivity contribution in [3.05, 3.63) is 48.2 Å². The number of pyridine rings is 1. The smallest absolute Gasteiger partial charge is 0.219 e. The predicted molar refractivity (Wildman–Crippen MR) is 85.5 cm³/mol. The minimum atomic E-state index is -0.110. The number of hydrogen-bond donors (Lipinski definition) is 3. The summed E-state index contributed by atoms with van der Waals surface area (Å²) >= 11 is 0. The summed E-state index contributed by atoms with van der Waals surface area (Å²) in [5.74, 6) is 1.06. The number of rotatable bonds is 3. The number of aryl methyl sites for hydroxylation is 1. The number of benzene rings is 1. The molecule has 4 N–H and O–H groups in total. The van der Waals surface area contributed by atoms with Crippen LogP contribution in [0.15, 0.2) is 42.6 Å². The van der Waals surface area contributed by atoms with Gasteiger partial charge in [-0.3, -0.25) is 5.41 Å². The average molecular weight is 315 g/mol. The van der Waals surface area contributed by atoms with E-state index < -0.39 is 0 Å². The fourth-order valence-electron chi connectivity index (χ4n) is 1.48. The van der Waals surface area contributed by atoms with Gasteiger partial charge in [-0.1, -0.05) is 6.07 Å². The summed E-state index contributed by atoms with van der Waals surface area (Å²) in [4.78, 5) is 4.12. The highest BCUT2D eigenvalue weighted by atomic mass is 35.5. The monoisotopic (exact) mass is 314 g/mol. The van der Waals surface area contributed by atoms with Gasteiger partial charge in [0.2, 0.25) is 5.88 Å². The number of ether oxygens (including phenoxy) is 1. The Morgan fingerprint density at radius 2 is 2.00 bits per heavy atom. The molecule has 0 saturated carbocycles. The zero-order valence-corrected chi connectivity index (χ0v) is 12.4. The summed E-state index contributed by atoms with van der Waals surface area (Å²) < 4.78 is 5.62. The number of nitrogens with zero attached hydrogens (tertiary/aromatic N) is 1. The van der Waals surface area contributed by atoms with Crippen LogP contribution in [0.5, 0.6) is 11.6 Å². The third-order valence-electron chi connectivity index (χ3n) is 2.23. The van der Waals surface area contributed by atoms with Gasteiger partial charge in [0.25, 0.3) is 0 Å². The van der Waals surface area contributed by atoms with Crippen molar-refractivity contribution < 1.29 is 4.74 Å². The minimum absolute atomic E-state index is 0. The molecule has 20 heavy (non-hydrogen) atoms. The van der Waals surface area contributed by atoms with Crippen LogP contribution in [-0.2, 0) is 0 Å². The Morgan fingerprint density at radius 1 is 1.25 bits per heavy atom. The second kappa shape index (κ2) is 8.24. The topological polar surface area (TPSA) is 84.0 Å². The van der Waals surface area contributed by atoms with Crippen LogP contribution in [0.1, 0.15) is 5.56 Å². The van der Waals surface area contributed by atoms with Gasteiger partial charge in [-0.2, -0.15) is 0 Å². The van der Waals surface area contributed by atoms with E-state index in [0.717, 1.165) is 5.56 Å². The van der Waals surface area contributed by atoms with Crippen LogP contribution in [0.3, 0.4) is 0 Å². The fraction of sp³-hybridized carbons (Fsp3) is 0.0769. The highest BCUT2D eigenvalue weighted by Gasteiger charge is 2.00. The van der Waals surface area contributed by atoms with Crippen LogP contribution >= 0.6 is 24.8 Å². The van der Waals surface area contributed by atoms with E-state index >= 15 is 0 Å². The molecule has 0 aliphatic heterocycles. The van der Waals surface area contributed by atoms with E-state index in [1.54, 1.807) is 18.3 Å².